The molecule has 2 aromatic rings. The normalized spacial score (nSPS) is 24.5. The van der Waals surface area contributed by atoms with Crippen molar-refractivity contribution >= 4 is 5.97 Å². The van der Waals surface area contributed by atoms with Gasteiger partial charge in [0.05, 0.1) is 6.61 Å². The van der Waals surface area contributed by atoms with Gasteiger partial charge in [0.25, 0.3) is 0 Å². The standard InChI is InChI=1S/C20H20O2/c1-2-19(21)22-12-13-11-18-14-7-3-5-9-16(14)20(13)17-10-6-4-8-15(17)18/h3-10,13,18,20H,2,11-12H2,1H3/t13-,18?,20?/m1/s1. The summed E-state index contributed by atoms with van der Waals surface area (Å²) in [6.07, 6.45) is 1.53. The second-order valence-corrected chi connectivity index (χ2v) is 6.32. The Hall–Kier alpha value is -2.09. The Morgan fingerprint density at radius 2 is 1.55 bits per heavy atom. The van der Waals surface area contributed by atoms with Crippen molar-refractivity contribution in [3.63, 3.8) is 0 Å². The van der Waals surface area contributed by atoms with E-state index in [4.69, 9.17) is 4.74 Å². The molecule has 0 saturated carbocycles. The molecule has 0 unspecified atom stereocenters. The molecule has 2 bridgehead atoms. The highest BCUT2D eigenvalue weighted by Crippen LogP contribution is 2.55. The zero-order valence-electron chi connectivity index (χ0n) is 12.8. The van der Waals surface area contributed by atoms with Crippen LogP contribution in [-0.4, -0.2) is 12.6 Å². The molecular weight excluding hydrogens is 272 g/mol. The van der Waals surface area contributed by atoms with Crippen molar-refractivity contribution in [2.24, 2.45) is 5.92 Å². The smallest absolute Gasteiger partial charge is 0.305 e. The minimum absolute atomic E-state index is 0.0944. The molecule has 0 spiro atoms. The molecular formula is C20H20O2. The van der Waals surface area contributed by atoms with E-state index in [0.29, 0.717) is 30.8 Å². The molecule has 0 fully saturated rings. The van der Waals surface area contributed by atoms with Crippen molar-refractivity contribution in [3.05, 3.63) is 70.8 Å². The quantitative estimate of drug-likeness (QED) is 0.791. The van der Waals surface area contributed by atoms with Gasteiger partial charge in [0.2, 0.25) is 0 Å². The van der Waals surface area contributed by atoms with Gasteiger partial charge in [-0.15, -0.1) is 0 Å². The number of fused-ring (bicyclic) bond motifs is 1. The van der Waals surface area contributed by atoms with E-state index < -0.39 is 0 Å². The Balaban J connectivity index is 1.74. The summed E-state index contributed by atoms with van der Waals surface area (Å²) in [6.45, 7) is 2.39. The van der Waals surface area contributed by atoms with E-state index >= 15 is 0 Å². The molecule has 0 saturated heterocycles. The van der Waals surface area contributed by atoms with Gasteiger partial charge < -0.3 is 4.74 Å². The van der Waals surface area contributed by atoms with Gasteiger partial charge >= 0.3 is 5.97 Å². The van der Waals surface area contributed by atoms with Crippen LogP contribution in [0.1, 0.15) is 53.9 Å². The maximum atomic E-state index is 11.5. The van der Waals surface area contributed by atoms with Gasteiger partial charge in [-0.3, -0.25) is 4.79 Å². The SMILES string of the molecule is CCC(=O)OC[C@H]1CC2c3ccccc3C1c1ccccc12. The Morgan fingerprint density at radius 3 is 2.09 bits per heavy atom. The number of benzene rings is 2. The highest BCUT2D eigenvalue weighted by atomic mass is 16.5. The summed E-state index contributed by atoms with van der Waals surface area (Å²) in [6, 6.07) is 17.5. The van der Waals surface area contributed by atoms with E-state index in [1.54, 1.807) is 0 Å². The Labute approximate surface area is 131 Å². The predicted octanol–water partition coefficient (Wildman–Crippen LogP) is 4.24. The number of hydrogen-bond acceptors (Lipinski definition) is 2. The summed E-state index contributed by atoms with van der Waals surface area (Å²) in [7, 11) is 0. The fourth-order valence-electron chi connectivity index (χ4n) is 4.22. The van der Waals surface area contributed by atoms with E-state index in [0.717, 1.165) is 6.42 Å². The second-order valence-electron chi connectivity index (χ2n) is 6.32. The van der Waals surface area contributed by atoms with Gasteiger partial charge in [0.15, 0.2) is 0 Å². The highest BCUT2D eigenvalue weighted by molar-refractivity contribution is 5.69. The fraction of sp³-hybridized carbons (Fsp3) is 0.350. The van der Waals surface area contributed by atoms with Crippen molar-refractivity contribution in [2.45, 2.75) is 31.6 Å². The fourth-order valence-corrected chi connectivity index (χ4v) is 4.22. The maximum absolute atomic E-state index is 11.5. The molecule has 0 N–H and O–H groups in total. The van der Waals surface area contributed by atoms with E-state index in [-0.39, 0.29) is 5.97 Å². The van der Waals surface area contributed by atoms with E-state index in [1.165, 1.54) is 22.3 Å². The van der Waals surface area contributed by atoms with Crippen LogP contribution in [0, 0.1) is 5.92 Å². The first-order valence-electron chi connectivity index (χ1n) is 8.13. The zero-order valence-corrected chi connectivity index (χ0v) is 12.8. The maximum Gasteiger partial charge on any atom is 0.305 e. The van der Waals surface area contributed by atoms with Crippen molar-refractivity contribution in [1.82, 2.24) is 0 Å². The lowest BCUT2D eigenvalue weighted by Gasteiger charge is -2.45. The van der Waals surface area contributed by atoms with Crippen LogP contribution in [0.5, 0.6) is 0 Å². The molecule has 2 heteroatoms. The van der Waals surface area contributed by atoms with Crippen LogP contribution in [0.15, 0.2) is 48.5 Å². The topological polar surface area (TPSA) is 26.3 Å². The molecule has 5 rings (SSSR count). The lowest BCUT2D eigenvalue weighted by atomic mass is 9.59. The second kappa shape index (κ2) is 5.28. The van der Waals surface area contributed by atoms with Crippen molar-refractivity contribution in [3.8, 4) is 0 Å². The van der Waals surface area contributed by atoms with Crippen LogP contribution in [-0.2, 0) is 9.53 Å². The van der Waals surface area contributed by atoms with Crippen molar-refractivity contribution in [1.29, 1.82) is 0 Å². The third-order valence-electron chi connectivity index (χ3n) is 5.17. The largest absolute Gasteiger partial charge is 0.465 e. The molecule has 3 aliphatic carbocycles. The summed E-state index contributed by atoms with van der Waals surface area (Å²) in [5, 5.41) is 0. The lowest BCUT2D eigenvalue weighted by molar-refractivity contribution is -0.145. The molecule has 0 amide bonds. The van der Waals surface area contributed by atoms with Crippen LogP contribution in [0.3, 0.4) is 0 Å². The first kappa shape index (κ1) is 13.6. The number of rotatable bonds is 3. The monoisotopic (exact) mass is 292 g/mol. The van der Waals surface area contributed by atoms with Crippen LogP contribution >= 0.6 is 0 Å². The van der Waals surface area contributed by atoms with Gasteiger partial charge in [-0.2, -0.15) is 0 Å². The van der Waals surface area contributed by atoms with Gasteiger partial charge in [0.1, 0.15) is 0 Å². The number of hydrogen-bond donors (Lipinski definition) is 0. The van der Waals surface area contributed by atoms with Crippen LogP contribution in [0.4, 0.5) is 0 Å². The Bertz CT molecular complexity index is 672. The number of carbonyl (C=O) groups is 1. The van der Waals surface area contributed by atoms with Gasteiger partial charge in [-0.25, -0.2) is 0 Å². The molecule has 2 aromatic carbocycles. The lowest BCUT2D eigenvalue weighted by Crippen LogP contribution is -2.34. The molecule has 2 nitrogen and oxygen atoms in total. The molecule has 0 aromatic heterocycles. The Morgan fingerprint density at radius 1 is 1.00 bits per heavy atom. The average Bonchev–Trinajstić information content (AvgIpc) is 2.59. The van der Waals surface area contributed by atoms with E-state index in [9.17, 15) is 4.79 Å². The van der Waals surface area contributed by atoms with E-state index in [2.05, 4.69) is 48.5 Å². The Kier molecular flexibility index (Phi) is 3.25. The summed E-state index contributed by atoms with van der Waals surface area (Å²) < 4.78 is 5.47. The van der Waals surface area contributed by atoms with Crippen LogP contribution < -0.4 is 0 Å². The summed E-state index contributed by atoms with van der Waals surface area (Å²) in [5.41, 5.74) is 5.78. The number of carbonyl (C=O) groups excluding carboxylic acids is 1. The van der Waals surface area contributed by atoms with Gasteiger partial charge in [-0.1, -0.05) is 55.5 Å². The van der Waals surface area contributed by atoms with Crippen LogP contribution in [0.25, 0.3) is 0 Å². The molecule has 3 aliphatic rings. The third-order valence-corrected chi connectivity index (χ3v) is 5.17. The molecule has 0 heterocycles. The van der Waals surface area contributed by atoms with Crippen LogP contribution in [0.2, 0.25) is 0 Å². The van der Waals surface area contributed by atoms with Gasteiger partial charge in [0, 0.05) is 24.2 Å². The zero-order chi connectivity index (χ0) is 15.1. The van der Waals surface area contributed by atoms with Crippen molar-refractivity contribution < 1.29 is 9.53 Å². The molecule has 1 atom stereocenters. The highest BCUT2D eigenvalue weighted by Gasteiger charge is 2.43. The number of ether oxygens (including phenoxy) is 1. The summed E-state index contributed by atoms with van der Waals surface area (Å²) in [4.78, 5) is 11.5. The molecule has 22 heavy (non-hydrogen) atoms. The molecule has 0 aliphatic heterocycles. The minimum Gasteiger partial charge on any atom is -0.465 e. The number of esters is 1. The average molecular weight is 292 g/mol. The summed E-state index contributed by atoms with van der Waals surface area (Å²) in [5.74, 6) is 1.11. The third kappa shape index (κ3) is 1.98. The van der Waals surface area contributed by atoms with Gasteiger partial charge in [-0.05, 0) is 28.7 Å². The first-order valence-corrected chi connectivity index (χ1v) is 8.13. The van der Waals surface area contributed by atoms with Crippen molar-refractivity contribution in [2.75, 3.05) is 6.61 Å². The predicted molar refractivity (Wildman–Crippen MR) is 85.9 cm³/mol. The van der Waals surface area contributed by atoms with E-state index in [1.807, 2.05) is 6.92 Å². The first-order chi connectivity index (χ1) is 10.8. The molecule has 0 radical (unpaired) electrons. The summed E-state index contributed by atoms with van der Waals surface area (Å²) >= 11 is 0. The molecule has 112 valence electrons. The minimum atomic E-state index is -0.0944.